The Morgan fingerprint density at radius 2 is 1.71 bits per heavy atom. The number of fused-ring (bicyclic) bond motifs is 1. The van der Waals surface area contributed by atoms with Gasteiger partial charge >= 0.3 is 5.97 Å². The van der Waals surface area contributed by atoms with Crippen molar-refractivity contribution in [1.82, 2.24) is 14.5 Å². The van der Waals surface area contributed by atoms with Gasteiger partial charge in [-0.2, -0.15) is 0 Å². The van der Waals surface area contributed by atoms with Crippen LogP contribution in [0, 0.1) is 18.6 Å². The van der Waals surface area contributed by atoms with Gasteiger partial charge in [0.25, 0.3) is 0 Å². The van der Waals surface area contributed by atoms with Crippen LogP contribution >= 0.6 is 0 Å². The molecule has 0 radical (unpaired) electrons. The van der Waals surface area contributed by atoms with Crippen LogP contribution in [0.25, 0.3) is 22.3 Å². The zero-order chi connectivity index (χ0) is 29.1. The summed E-state index contributed by atoms with van der Waals surface area (Å²) in [6.07, 6.45) is 2.24. The molecule has 1 N–H and O–H groups in total. The average Bonchev–Trinajstić information content (AvgIpc) is 3.74. The lowest BCUT2D eigenvalue weighted by atomic mass is 10.1. The first-order valence-corrected chi connectivity index (χ1v) is 13.7. The van der Waals surface area contributed by atoms with Gasteiger partial charge in [0.15, 0.2) is 0 Å². The molecule has 0 atom stereocenters. The van der Waals surface area contributed by atoms with Crippen LogP contribution < -0.4 is 4.74 Å². The highest BCUT2D eigenvalue weighted by atomic mass is 19.1. The number of rotatable bonds is 8. The van der Waals surface area contributed by atoms with E-state index < -0.39 is 5.97 Å². The molecule has 41 heavy (non-hydrogen) atoms. The van der Waals surface area contributed by atoms with E-state index in [0.717, 1.165) is 23.9 Å². The van der Waals surface area contributed by atoms with Gasteiger partial charge < -0.3 is 14.4 Å². The molecule has 0 unspecified atom stereocenters. The number of carboxylic acid groups (broad SMARTS) is 1. The minimum Gasteiger partial charge on any atom is -0.478 e. The summed E-state index contributed by atoms with van der Waals surface area (Å²) < 4.78 is 37.2. The number of hydrogen-bond acceptors (Lipinski definition) is 4. The molecule has 1 fully saturated rings. The molecule has 6 rings (SSSR count). The standard InChI is InChI=1S/C31H25F2N3O3.C2H6/c1-18-5-6-22(24(32)13-18)17-39-30-4-2-3-26(35-30)20-8-7-19(25(33)14-20)16-29-34-27-12-9-21(31(37)38)15-28(27)36(29)23-10-11-23;1-2/h2-9,12-15,23H,10-11,16-17H2,1H3,(H,37,38);1-2H3. The van der Waals surface area contributed by atoms with Crippen molar-refractivity contribution in [2.75, 3.05) is 0 Å². The Hall–Kier alpha value is -4.59. The Morgan fingerprint density at radius 1 is 0.951 bits per heavy atom. The van der Waals surface area contributed by atoms with E-state index in [0.29, 0.717) is 39.6 Å². The highest BCUT2D eigenvalue weighted by molar-refractivity contribution is 5.92. The smallest absolute Gasteiger partial charge is 0.335 e. The summed E-state index contributed by atoms with van der Waals surface area (Å²) in [5.41, 5.74) is 4.53. The summed E-state index contributed by atoms with van der Waals surface area (Å²) in [5, 5.41) is 9.40. The summed E-state index contributed by atoms with van der Waals surface area (Å²) in [4.78, 5) is 20.7. The third-order valence-electron chi connectivity index (χ3n) is 6.93. The third kappa shape index (κ3) is 6.11. The van der Waals surface area contributed by atoms with Gasteiger partial charge in [-0.3, -0.25) is 0 Å². The van der Waals surface area contributed by atoms with Crippen molar-refractivity contribution in [3.8, 4) is 17.1 Å². The average molecular weight is 556 g/mol. The second kappa shape index (κ2) is 11.9. The zero-order valence-corrected chi connectivity index (χ0v) is 23.2. The third-order valence-corrected chi connectivity index (χ3v) is 6.93. The van der Waals surface area contributed by atoms with E-state index in [2.05, 4.69) is 4.98 Å². The number of hydrogen-bond donors (Lipinski definition) is 1. The zero-order valence-electron chi connectivity index (χ0n) is 23.2. The fourth-order valence-corrected chi connectivity index (χ4v) is 4.74. The van der Waals surface area contributed by atoms with Gasteiger partial charge in [0.1, 0.15) is 24.1 Å². The second-order valence-electron chi connectivity index (χ2n) is 9.87. The number of nitrogens with zero attached hydrogens (tertiary/aromatic N) is 3. The molecule has 1 aliphatic carbocycles. The quantitative estimate of drug-likeness (QED) is 0.211. The molecule has 1 aliphatic rings. The summed E-state index contributed by atoms with van der Waals surface area (Å²) >= 11 is 0. The van der Waals surface area contributed by atoms with E-state index in [1.807, 2.05) is 31.4 Å². The van der Waals surface area contributed by atoms with E-state index in [1.54, 1.807) is 48.5 Å². The van der Waals surface area contributed by atoms with Gasteiger partial charge in [-0.1, -0.05) is 44.2 Å². The number of aromatic carboxylic acids is 1. The van der Waals surface area contributed by atoms with Gasteiger partial charge in [0, 0.05) is 29.7 Å². The number of ether oxygens (including phenoxy) is 1. The van der Waals surface area contributed by atoms with Crippen LogP contribution in [0.4, 0.5) is 8.78 Å². The number of imidazole rings is 1. The SMILES string of the molecule is CC.Cc1ccc(COc2cccc(-c3ccc(Cc4nc5ccc(C(=O)O)cc5n4C4CC4)c(F)c3)n2)c(F)c1. The summed E-state index contributed by atoms with van der Waals surface area (Å²) in [6, 6.07) is 20.3. The highest BCUT2D eigenvalue weighted by Gasteiger charge is 2.29. The van der Waals surface area contributed by atoms with Crippen LogP contribution in [0.5, 0.6) is 5.88 Å². The maximum absolute atomic E-state index is 15.3. The highest BCUT2D eigenvalue weighted by Crippen LogP contribution is 2.39. The van der Waals surface area contributed by atoms with Crippen molar-refractivity contribution in [3.05, 3.63) is 113 Å². The molecule has 3 aromatic carbocycles. The van der Waals surface area contributed by atoms with Gasteiger partial charge in [-0.25, -0.2) is 23.5 Å². The Labute approximate surface area is 237 Å². The van der Waals surface area contributed by atoms with Crippen LogP contribution in [0.2, 0.25) is 0 Å². The molecule has 210 valence electrons. The predicted octanol–water partition coefficient (Wildman–Crippen LogP) is 7.91. The van der Waals surface area contributed by atoms with Gasteiger partial charge in [-0.15, -0.1) is 0 Å². The molecule has 0 spiro atoms. The monoisotopic (exact) mass is 555 g/mol. The molecular formula is C33H31F2N3O3. The first-order chi connectivity index (χ1) is 19.9. The first kappa shape index (κ1) is 28.0. The molecule has 2 aromatic heterocycles. The Kier molecular flexibility index (Phi) is 8.10. The van der Waals surface area contributed by atoms with E-state index >= 15 is 4.39 Å². The Bertz CT molecular complexity index is 1730. The van der Waals surface area contributed by atoms with Crippen molar-refractivity contribution >= 4 is 17.0 Å². The fraction of sp³-hybridized carbons (Fsp3) is 0.242. The topological polar surface area (TPSA) is 77.2 Å². The summed E-state index contributed by atoms with van der Waals surface area (Å²) in [6.45, 7) is 5.86. The number of aryl methyl sites for hydroxylation is 1. The number of halogens is 2. The minimum absolute atomic E-state index is 0.0336. The van der Waals surface area contributed by atoms with Crippen molar-refractivity contribution in [3.63, 3.8) is 0 Å². The number of pyridine rings is 1. The number of aromatic nitrogens is 3. The molecule has 2 heterocycles. The van der Waals surface area contributed by atoms with Crippen LogP contribution in [0.3, 0.4) is 0 Å². The minimum atomic E-state index is -0.992. The van der Waals surface area contributed by atoms with Crippen molar-refractivity contribution in [2.45, 2.75) is 52.7 Å². The van der Waals surface area contributed by atoms with E-state index in [4.69, 9.17) is 9.72 Å². The fourth-order valence-electron chi connectivity index (χ4n) is 4.74. The molecule has 0 aliphatic heterocycles. The normalized spacial score (nSPS) is 12.6. The number of carbonyl (C=O) groups is 1. The van der Waals surface area contributed by atoms with E-state index in [-0.39, 0.29) is 36.3 Å². The lowest BCUT2D eigenvalue weighted by molar-refractivity contribution is 0.0697. The first-order valence-electron chi connectivity index (χ1n) is 13.7. The molecule has 5 aromatic rings. The molecule has 6 nitrogen and oxygen atoms in total. The Morgan fingerprint density at radius 3 is 2.41 bits per heavy atom. The number of carboxylic acids is 1. The molecular weight excluding hydrogens is 524 g/mol. The lowest BCUT2D eigenvalue weighted by Gasteiger charge is -2.11. The van der Waals surface area contributed by atoms with E-state index in [9.17, 15) is 14.3 Å². The van der Waals surface area contributed by atoms with Gasteiger partial charge in [0.2, 0.25) is 5.88 Å². The second-order valence-corrected chi connectivity index (χ2v) is 9.87. The summed E-state index contributed by atoms with van der Waals surface area (Å²) in [7, 11) is 0. The van der Waals surface area contributed by atoms with Crippen LogP contribution in [-0.4, -0.2) is 25.6 Å². The molecule has 0 saturated heterocycles. The van der Waals surface area contributed by atoms with Crippen LogP contribution in [0.15, 0.2) is 72.8 Å². The predicted molar refractivity (Wildman–Crippen MR) is 154 cm³/mol. The maximum Gasteiger partial charge on any atom is 0.335 e. The molecule has 0 amide bonds. The largest absolute Gasteiger partial charge is 0.478 e. The summed E-state index contributed by atoms with van der Waals surface area (Å²) in [5.74, 6) is -0.687. The van der Waals surface area contributed by atoms with Gasteiger partial charge in [0.05, 0.1) is 22.3 Å². The number of benzene rings is 3. The van der Waals surface area contributed by atoms with Crippen LogP contribution in [0.1, 0.15) is 65.6 Å². The maximum atomic E-state index is 15.3. The molecule has 0 bridgehead atoms. The van der Waals surface area contributed by atoms with Crippen molar-refractivity contribution < 1.29 is 23.4 Å². The molecule has 1 saturated carbocycles. The van der Waals surface area contributed by atoms with Crippen molar-refractivity contribution in [2.24, 2.45) is 0 Å². The van der Waals surface area contributed by atoms with Crippen molar-refractivity contribution in [1.29, 1.82) is 0 Å². The van der Waals surface area contributed by atoms with Gasteiger partial charge in [-0.05, 0) is 67.3 Å². The lowest BCUT2D eigenvalue weighted by Crippen LogP contribution is -2.05. The Balaban J connectivity index is 0.00000165. The molecule has 8 heteroatoms. The van der Waals surface area contributed by atoms with Crippen LogP contribution in [-0.2, 0) is 13.0 Å². The van der Waals surface area contributed by atoms with E-state index in [1.165, 1.54) is 18.2 Å².